The minimum absolute atomic E-state index is 0.191. The van der Waals surface area contributed by atoms with Crippen LogP contribution in [0.4, 0.5) is 0 Å². The van der Waals surface area contributed by atoms with Gasteiger partial charge in [0.25, 0.3) is 5.91 Å². The first kappa shape index (κ1) is 14.1. The number of fused-ring (bicyclic) bond motifs is 1. The topological polar surface area (TPSA) is 70.8 Å². The van der Waals surface area contributed by atoms with Gasteiger partial charge in [-0.3, -0.25) is 9.59 Å². The van der Waals surface area contributed by atoms with E-state index in [9.17, 15) is 9.59 Å². The van der Waals surface area contributed by atoms with Gasteiger partial charge in [-0.2, -0.15) is 0 Å². The van der Waals surface area contributed by atoms with E-state index in [4.69, 9.17) is 9.52 Å². The number of amides is 1. The predicted molar refractivity (Wildman–Crippen MR) is 74.6 cm³/mol. The van der Waals surface area contributed by atoms with Crippen LogP contribution in [0.5, 0.6) is 0 Å². The lowest BCUT2D eigenvalue weighted by molar-refractivity contribution is -0.137. The molecule has 1 amide bonds. The second-order valence-electron chi connectivity index (χ2n) is 5.12. The fraction of sp³-hybridized carbons (Fsp3) is 0.333. The van der Waals surface area contributed by atoms with Crippen molar-refractivity contribution < 1.29 is 19.1 Å². The first-order valence-electron chi connectivity index (χ1n) is 6.46. The highest BCUT2D eigenvalue weighted by Crippen LogP contribution is 2.22. The van der Waals surface area contributed by atoms with Gasteiger partial charge in [-0.15, -0.1) is 0 Å². The Labute approximate surface area is 116 Å². The molecule has 20 heavy (non-hydrogen) atoms. The number of carboxylic acids is 1. The fourth-order valence-electron chi connectivity index (χ4n) is 2.14. The summed E-state index contributed by atoms with van der Waals surface area (Å²) in [6.45, 7) is 3.96. The molecule has 0 aliphatic rings. The number of carbonyl (C=O) groups is 2. The number of nitrogens with zero attached hydrogens (tertiary/aromatic N) is 1. The molecule has 1 heterocycles. The van der Waals surface area contributed by atoms with Crippen LogP contribution < -0.4 is 0 Å². The lowest BCUT2D eigenvalue weighted by Gasteiger charge is -2.22. The summed E-state index contributed by atoms with van der Waals surface area (Å²) in [5, 5.41) is 9.64. The van der Waals surface area contributed by atoms with Crippen molar-refractivity contribution in [2.24, 2.45) is 5.92 Å². The minimum Gasteiger partial charge on any atom is -0.480 e. The molecule has 0 saturated heterocycles. The molecule has 5 heteroatoms. The minimum atomic E-state index is -1.02. The average Bonchev–Trinajstić information content (AvgIpc) is 2.79. The van der Waals surface area contributed by atoms with Gasteiger partial charge in [-0.1, -0.05) is 32.0 Å². The van der Waals surface area contributed by atoms with E-state index in [2.05, 4.69) is 0 Å². The number of hydrogen-bond acceptors (Lipinski definition) is 3. The van der Waals surface area contributed by atoms with Crippen LogP contribution in [0.3, 0.4) is 0 Å². The number of carbonyl (C=O) groups excluding carboxylic acids is 1. The molecule has 1 aromatic heterocycles. The van der Waals surface area contributed by atoms with E-state index in [1.807, 2.05) is 26.0 Å². The van der Waals surface area contributed by atoms with Gasteiger partial charge in [0.05, 0.1) is 5.56 Å². The van der Waals surface area contributed by atoms with Crippen LogP contribution in [0.1, 0.15) is 24.2 Å². The first-order valence-corrected chi connectivity index (χ1v) is 6.46. The molecule has 0 spiro atoms. The lowest BCUT2D eigenvalue weighted by Crippen LogP contribution is -2.38. The summed E-state index contributed by atoms with van der Waals surface area (Å²) in [6, 6.07) is 7.21. The molecule has 5 nitrogen and oxygen atoms in total. The Hall–Kier alpha value is -2.30. The van der Waals surface area contributed by atoms with Crippen LogP contribution in [0.15, 0.2) is 34.9 Å². The van der Waals surface area contributed by atoms with Crippen LogP contribution in [0.25, 0.3) is 11.0 Å². The molecule has 0 unspecified atom stereocenters. The zero-order valence-corrected chi connectivity index (χ0v) is 11.5. The van der Waals surface area contributed by atoms with Crippen molar-refractivity contribution in [3.8, 4) is 0 Å². The summed E-state index contributed by atoms with van der Waals surface area (Å²) in [4.78, 5) is 24.7. The molecule has 0 atom stereocenters. The Bertz CT molecular complexity index is 630. The number of hydrogen-bond donors (Lipinski definition) is 1. The summed E-state index contributed by atoms with van der Waals surface area (Å²) < 4.78 is 5.34. The van der Waals surface area contributed by atoms with Gasteiger partial charge < -0.3 is 14.4 Å². The highest BCUT2D eigenvalue weighted by atomic mass is 16.4. The Morgan fingerprint density at radius 3 is 2.65 bits per heavy atom. The standard InChI is InChI=1S/C15H17NO4/c1-10(2)7-16(8-14(17)18)15(19)12-9-20-13-6-4-3-5-11(12)13/h3-6,9-10H,7-8H2,1-2H3,(H,17,18). The maximum atomic E-state index is 12.5. The number of para-hydroxylation sites is 1. The van der Waals surface area contributed by atoms with Gasteiger partial charge in [0.1, 0.15) is 18.4 Å². The van der Waals surface area contributed by atoms with E-state index in [-0.39, 0.29) is 18.4 Å². The SMILES string of the molecule is CC(C)CN(CC(=O)O)C(=O)c1coc2ccccc12. The summed E-state index contributed by atoms with van der Waals surface area (Å²) in [5.74, 6) is -1.14. The normalized spacial score (nSPS) is 10.9. The van der Waals surface area contributed by atoms with Crippen molar-refractivity contribution >= 4 is 22.8 Å². The zero-order chi connectivity index (χ0) is 14.7. The monoisotopic (exact) mass is 275 g/mol. The highest BCUT2D eigenvalue weighted by molar-refractivity contribution is 6.06. The molecular formula is C15H17NO4. The van der Waals surface area contributed by atoms with Gasteiger partial charge in [0.15, 0.2) is 0 Å². The van der Waals surface area contributed by atoms with E-state index < -0.39 is 5.97 Å². The first-order chi connectivity index (χ1) is 9.49. The second kappa shape index (κ2) is 5.77. The molecule has 0 aliphatic carbocycles. The molecule has 0 radical (unpaired) electrons. The quantitative estimate of drug-likeness (QED) is 0.910. The van der Waals surface area contributed by atoms with Crippen LogP contribution in [0.2, 0.25) is 0 Å². The largest absolute Gasteiger partial charge is 0.480 e. The van der Waals surface area contributed by atoms with E-state index in [1.54, 1.807) is 12.1 Å². The number of aliphatic carboxylic acids is 1. The van der Waals surface area contributed by atoms with Crippen LogP contribution >= 0.6 is 0 Å². The molecule has 0 aliphatic heterocycles. The Balaban J connectivity index is 2.33. The van der Waals surface area contributed by atoms with Crippen LogP contribution in [-0.4, -0.2) is 35.0 Å². The van der Waals surface area contributed by atoms with Crippen molar-refractivity contribution in [2.45, 2.75) is 13.8 Å². The van der Waals surface area contributed by atoms with Crippen molar-refractivity contribution in [3.05, 3.63) is 36.1 Å². The molecular weight excluding hydrogens is 258 g/mol. The van der Waals surface area contributed by atoms with Gasteiger partial charge in [-0.25, -0.2) is 0 Å². The lowest BCUT2D eigenvalue weighted by atomic mass is 10.1. The number of furan rings is 1. The summed E-state index contributed by atoms with van der Waals surface area (Å²) in [6.07, 6.45) is 1.39. The smallest absolute Gasteiger partial charge is 0.323 e. The number of carboxylic acid groups (broad SMARTS) is 1. The fourth-order valence-corrected chi connectivity index (χ4v) is 2.14. The maximum Gasteiger partial charge on any atom is 0.323 e. The third-order valence-electron chi connectivity index (χ3n) is 2.91. The maximum absolute atomic E-state index is 12.5. The molecule has 1 N–H and O–H groups in total. The van der Waals surface area contributed by atoms with E-state index in [0.717, 1.165) is 0 Å². The number of rotatable bonds is 5. The van der Waals surface area contributed by atoms with Gasteiger partial charge in [0, 0.05) is 11.9 Å². The predicted octanol–water partition coefficient (Wildman–Crippen LogP) is 2.62. The van der Waals surface area contributed by atoms with E-state index in [1.165, 1.54) is 11.2 Å². The summed E-state index contributed by atoms with van der Waals surface area (Å²) in [7, 11) is 0. The van der Waals surface area contributed by atoms with Crippen LogP contribution in [-0.2, 0) is 4.79 Å². The summed E-state index contributed by atoms with van der Waals surface area (Å²) in [5.41, 5.74) is 1.03. The molecule has 2 aromatic rings. The molecule has 0 saturated carbocycles. The highest BCUT2D eigenvalue weighted by Gasteiger charge is 2.22. The van der Waals surface area contributed by atoms with Crippen molar-refractivity contribution in [1.29, 1.82) is 0 Å². The molecule has 1 aromatic carbocycles. The molecule has 0 bridgehead atoms. The Morgan fingerprint density at radius 2 is 2.00 bits per heavy atom. The van der Waals surface area contributed by atoms with Gasteiger partial charge in [-0.05, 0) is 12.0 Å². The van der Waals surface area contributed by atoms with Gasteiger partial charge in [0.2, 0.25) is 0 Å². The van der Waals surface area contributed by atoms with Crippen molar-refractivity contribution in [2.75, 3.05) is 13.1 Å². The summed E-state index contributed by atoms with van der Waals surface area (Å²) >= 11 is 0. The Kier molecular flexibility index (Phi) is 4.08. The third kappa shape index (κ3) is 2.99. The third-order valence-corrected chi connectivity index (χ3v) is 2.91. The second-order valence-corrected chi connectivity index (χ2v) is 5.12. The zero-order valence-electron chi connectivity index (χ0n) is 11.5. The average molecular weight is 275 g/mol. The van der Waals surface area contributed by atoms with Gasteiger partial charge >= 0.3 is 5.97 Å². The molecule has 0 fully saturated rings. The van der Waals surface area contributed by atoms with E-state index in [0.29, 0.717) is 23.1 Å². The van der Waals surface area contributed by atoms with Crippen molar-refractivity contribution in [1.82, 2.24) is 4.90 Å². The van der Waals surface area contributed by atoms with E-state index >= 15 is 0 Å². The molecule has 2 rings (SSSR count). The van der Waals surface area contributed by atoms with Crippen LogP contribution in [0, 0.1) is 5.92 Å². The Morgan fingerprint density at radius 1 is 1.30 bits per heavy atom. The van der Waals surface area contributed by atoms with Crippen molar-refractivity contribution in [3.63, 3.8) is 0 Å². The number of benzene rings is 1. The molecule has 106 valence electrons.